The van der Waals surface area contributed by atoms with Gasteiger partial charge in [0, 0.05) is 27.1 Å². The molecule has 0 aliphatic heterocycles. The van der Waals surface area contributed by atoms with Crippen LogP contribution in [-0.2, 0) is 0 Å². The maximum Gasteiger partial charge on any atom is 0.240 e. The summed E-state index contributed by atoms with van der Waals surface area (Å²) in [7, 11) is 0. The Morgan fingerprint density at radius 1 is 0.268 bits per heavy atom. The number of para-hydroxylation sites is 4. The standard InChI is InChI=1S/C51H33N5/c1-2-16-34(17-3-1)35-18-14-19-36(32-35)37-20-15-21-38(33-37)39-22-4-5-27-44(39)49-52-50(55-45-28-10-6-23-40(45)41-24-7-11-29-46(41)55)54-51(53-49)56-47-30-12-8-25-42(47)43-26-9-13-31-48(43)56/h1-33H. The molecule has 0 aliphatic carbocycles. The van der Waals surface area contributed by atoms with Gasteiger partial charge in [-0.25, -0.2) is 0 Å². The number of fused-ring (bicyclic) bond motifs is 6. The second-order valence-corrected chi connectivity index (χ2v) is 14.1. The third-order valence-corrected chi connectivity index (χ3v) is 10.8. The molecule has 0 saturated carbocycles. The Hall–Kier alpha value is -7.63. The summed E-state index contributed by atoms with van der Waals surface area (Å²) >= 11 is 0. The summed E-state index contributed by atoms with van der Waals surface area (Å²) in [6.45, 7) is 0. The summed E-state index contributed by atoms with van der Waals surface area (Å²) in [5, 5.41) is 4.60. The zero-order valence-corrected chi connectivity index (χ0v) is 30.3. The van der Waals surface area contributed by atoms with Gasteiger partial charge in [0.1, 0.15) is 0 Å². The van der Waals surface area contributed by atoms with Crippen LogP contribution in [-0.4, -0.2) is 24.1 Å². The number of hydrogen-bond donors (Lipinski definition) is 0. The Labute approximate surface area is 323 Å². The first kappa shape index (κ1) is 31.9. The molecule has 0 unspecified atom stereocenters. The fraction of sp³-hybridized carbons (Fsp3) is 0. The Morgan fingerprint density at radius 2 is 0.625 bits per heavy atom. The van der Waals surface area contributed by atoms with E-state index in [0.29, 0.717) is 17.7 Å². The third-order valence-electron chi connectivity index (χ3n) is 10.8. The number of rotatable bonds is 6. The molecule has 0 radical (unpaired) electrons. The van der Waals surface area contributed by atoms with Gasteiger partial charge >= 0.3 is 0 Å². The van der Waals surface area contributed by atoms with E-state index in [-0.39, 0.29) is 0 Å². The molecule has 8 aromatic carbocycles. The van der Waals surface area contributed by atoms with Gasteiger partial charge in [-0.1, -0.05) is 164 Å². The van der Waals surface area contributed by atoms with E-state index >= 15 is 0 Å². The minimum Gasteiger partial charge on any atom is -0.278 e. The number of benzene rings is 8. The maximum atomic E-state index is 5.36. The van der Waals surface area contributed by atoms with E-state index in [2.05, 4.69) is 209 Å². The average Bonchev–Trinajstić information content (AvgIpc) is 3.80. The largest absolute Gasteiger partial charge is 0.278 e. The van der Waals surface area contributed by atoms with Crippen LogP contribution in [0.4, 0.5) is 0 Å². The monoisotopic (exact) mass is 715 g/mol. The van der Waals surface area contributed by atoms with Crippen molar-refractivity contribution in [3.8, 4) is 56.7 Å². The highest BCUT2D eigenvalue weighted by Gasteiger charge is 2.21. The highest BCUT2D eigenvalue weighted by atomic mass is 15.3. The van der Waals surface area contributed by atoms with Crippen molar-refractivity contribution in [2.24, 2.45) is 0 Å². The van der Waals surface area contributed by atoms with Crippen LogP contribution in [0.15, 0.2) is 200 Å². The molecule has 0 spiro atoms. The first-order chi connectivity index (χ1) is 27.8. The Morgan fingerprint density at radius 3 is 1.12 bits per heavy atom. The van der Waals surface area contributed by atoms with Crippen molar-refractivity contribution in [2.45, 2.75) is 0 Å². The Kier molecular flexibility index (Phi) is 7.42. The first-order valence-electron chi connectivity index (χ1n) is 18.9. The van der Waals surface area contributed by atoms with Crippen LogP contribution in [0.1, 0.15) is 0 Å². The molecule has 0 fully saturated rings. The second-order valence-electron chi connectivity index (χ2n) is 14.1. The normalized spacial score (nSPS) is 11.6. The van der Waals surface area contributed by atoms with E-state index in [1.807, 2.05) is 0 Å². The average molecular weight is 716 g/mol. The van der Waals surface area contributed by atoms with Crippen molar-refractivity contribution in [3.63, 3.8) is 0 Å². The molecular formula is C51H33N5. The fourth-order valence-electron chi connectivity index (χ4n) is 8.26. The van der Waals surface area contributed by atoms with Gasteiger partial charge in [-0.15, -0.1) is 0 Å². The van der Waals surface area contributed by atoms with Crippen LogP contribution in [0.25, 0.3) is 100 Å². The molecular weight excluding hydrogens is 683 g/mol. The van der Waals surface area contributed by atoms with Crippen LogP contribution >= 0.6 is 0 Å². The topological polar surface area (TPSA) is 48.5 Å². The third kappa shape index (κ3) is 5.21. The fourth-order valence-corrected chi connectivity index (χ4v) is 8.26. The molecule has 0 saturated heterocycles. The van der Waals surface area contributed by atoms with E-state index in [1.165, 1.54) is 11.1 Å². The SMILES string of the molecule is c1ccc(-c2cccc(-c3cccc(-c4ccccc4-c4nc(-n5c6ccccc6c6ccccc65)nc(-n5c6ccccc6c6ccccc65)n4)c3)c2)cc1. The van der Waals surface area contributed by atoms with Gasteiger partial charge in [-0.2, -0.15) is 15.0 Å². The van der Waals surface area contributed by atoms with E-state index in [4.69, 9.17) is 15.0 Å². The predicted octanol–water partition coefficient (Wildman–Crippen LogP) is 12.7. The highest BCUT2D eigenvalue weighted by Crippen LogP contribution is 2.37. The molecule has 0 bridgehead atoms. The molecule has 5 nitrogen and oxygen atoms in total. The molecule has 11 rings (SSSR count). The lowest BCUT2D eigenvalue weighted by molar-refractivity contribution is 0.893. The zero-order chi connectivity index (χ0) is 37.0. The maximum absolute atomic E-state index is 5.36. The zero-order valence-electron chi connectivity index (χ0n) is 30.3. The number of nitrogens with zero attached hydrogens (tertiary/aromatic N) is 5. The van der Waals surface area contributed by atoms with Gasteiger partial charge in [0.15, 0.2) is 5.82 Å². The highest BCUT2D eigenvalue weighted by molar-refractivity contribution is 6.10. The van der Waals surface area contributed by atoms with Crippen LogP contribution in [0, 0.1) is 0 Å². The Bertz CT molecular complexity index is 3030. The quantitative estimate of drug-likeness (QED) is 0.172. The van der Waals surface area contributed by atoms with Crippen LogP contribution in [0.5, 0.6) is 0 Å². The van der Waals surface area contributed by atoms with Crippen LogP contribution in [0.2, 0.25) is 0 Å². The van der Waals surface area contributed by atoms with Crippen molar-refractivity contribution in [3.05, 3.63) is 200 Å². The van der Waals surface area contributed by atoms with Gasteiger partial charge in [0.05, 0.1) is 22.1 Å². The summed E-state index contributed by atoms with van der Waals surface area (Å²) in [5.74, 6) is 1.72. The molecule has 3 heterocycles. The van der Waals surface area contributed by atoms with Crippen molar-refractivity contribution < 1.29 is 0 Å². The number of hydrogen-bond acceptors (Lipinski definition) is 3. The molecule has 262 valence electrons. The van der Waals surface area contributed by atoms with Crippen LogP contribution in [0.3, 0.4) is 0 Å². The van der Waals surface area contributed by atoms with Crippen LogP contribution < -0.4 is 0 Å². The second kappa shape index (κ2) is 13.0. The van der Waals surface area contributed by atoms with Crippen molar-refractivity contribution in [2.75, 3.05) is 0 Å². The van der Waals surface area contributed by atoms with E-state index in [1.54, 1.807) is 0 Å². The van der Waals surface area contributed by atoms with E-state index < -0.39 is 0 Å². The molecule has 0 atom stereocenters. The van der Waals surface area contributed by atoms with Crippen molar-refractivity contribution in [1.82, 2.24) is 24.1 Å². The van der Waals surface area contributed by atoms with E-state index in [9.17, 15) is 0 Å². The minimum atomic E-state index is 0.561. The summed E-state index contributed by atoms with van der Waals surface area (Å²) in [5.41, 5.74) is 11.9. The Balaban J connectivity index is 1.14. The van der Waals surface area contributed by atoms with Gasteiger partial charge < -0.3 is 0 Å². The first-order valence-corrected chi connectivity index (χ1v) is 18.9. The molecule has 11 aromatic rings. The molecule has 0 aliphatic rings. The molecule has 56 heavy (non-hydrogen) atoms. The van der Waals surface area contributed by atoms with Gasteiger partial charge in [-0.3, -0.25) is 9.13 Å². The lowest BCUT2D eigenvalue weighted by Crippen LogP contribution is -2.10. The van der Waals surface area contributed by atoms with Gasteiger partial charge in [0.2, 0.25) is 11.9 Å². The van der Waals surface area contributed by atoms with Crippen molar-refractivity contribution in [1.29, 1.82) is 0 Å². The summed E-state index contributed by atoms with van der Waals surface area (Å²) in [4.78, 5) is 16.0. The molecule has 5 heteroatoms. The van der Waals surface area contributed by atoms with Gasteiger partial charge in [0.25, 0.3) is 0 Å². The van der Waals surface area contributed by atoms with E-state index in [0.717, 1.165) is 71.4 Å². The van der Waals surface area contributed by atoms with Crippen molar-refractivity contribution >= 4 is 43.6 Å². The smallest absolute Gasteiger partial charge is 0.240 e. The molecule has 3 aromatic heterocycles. The minimum absolute atomic E-state index is 0.561. The summed E-state index contributed by atoms with van der Waals surface area (Å²) in [6, 6.07) is 70.4. The lowest BCUT2D eigenvalue weighted by atomic mass is 9.94. The van der Waals surface area contributed by atoms with Gasteiger partial charge in [-0.05, 0) is 69.8 Å². The molecule has 0 amide bonds. The summed E-state index contributed by atoms with van der Waals surface area (Å²) in [6.07, 6.45) is 0. The summed E-state index contributed by atoms with van der Waals surface area (Å²) < 4.78 is 4.35. The number of aromatic nitrogens is 5. The lowest BCUT2D eigenvalue weighted by Gasteiger charge is -2.15. The molecule has 0 N–H and O–H groups in total. The predicted molar refractivity (Wildman–Crippen MR) is 230 cm³/mol.